The molecule has 162 valence electrons. The second-order valence-electron chi connectivity index (χ2n) is 7.02. The molecule has 1 aromatic heterocycles. The first-order valence-corrected chi connectivity index (χ1v) is 9.85. The van der Waals surface area contributed by atoms with Gasteiger partial charge in [0.1, 0.15) is 17.4 Å². The lowest BCUT2D eigenvalue weighted by atomic mass is 9.84. The minimum absolute atomic E-state index is 0.0568. The summed E-state index contributed by atoms with van der Waals surface area (Å²) >= 11 is 11.9. The Hall–Kier alpha value is -2.39. The maximum absolute atomic E-state index is 12.9. The molecule has 30 heavy (non-hydrogen) atoms. The second kappa shape index (κ2) is 8.77. The third-order valence-corrected chi connectivity index (χ3v) is 5.76. The summed E-state index contributed by atoms with van der Waals surface area (Å²) in [5.41, 5.74) is 5.80. The maximum atomic E-state index is 12.9. The number of benzene rings is 1. The van der Waals surface area contributed by atoms with E-state index in [-0.39, 0.29) is 27.3 Å². The van der Waals surface area contributed by atoms with Gasteiger partial charge in [0, 0.05) is 24.7 Å². The van der Waals surface area contributed by atoms with Crippen LogP contribution >= 0.6 is 23.2 Å². The molecule has 0 aliphatic carbocycles. The average Bonchev–Trinajstić information content (AvgIpc) is 2.68. The number of halogens is 5. The molecular weight excluding hydrogens is 444 g/mol. The fourth-order valence-corrected chi connectivity index (χ4v) is 3.88. The summed E-state index contributed by atoms with van der Waals surface area (Å²) in [6.45, 7) is 0.975. The average molecular weight is 463 g/mol. The number of anilines is 2. The van der Waals surface area contributed by atoms with Crippen LogP contribution in [0.2, 0.25) is 10.0 Å². The Balaban J connectivity index is 1.84. The van der Waals surface area contributed by atoms with Gasteiger partial charge in [0.05, 0.1) is 16.1 Å². The van der Waals surface area contributed by atoms with Crippen molar-refractivity contribution in [1.29, 1.82) is 0 Å². The van der Waals surface area contributed by atoms with Gasteiger partial charge in [0.15, 0.2) is 0 Å². The summed E-state index contributed by atoms with van der Waals surface area (Å²) in [6.07, 6.45) is -4.17. The van der Waals surface area contributed by atoms with Crippen molar-refractivity contribution in [3.05, 3.63) is 45.9 Å². The van der Waals surface area contributed by atoms with E-state index in [1.54, 1.807) is 18.2 Å². The number of aromatic hydroxyl groups is 1. The maximum Gasteiger partial charge on any atom is 0.471 e. The summed E-state index contributed by atoms with van der Waals surface area (Å²) in [7, 11) is 0. The Kier molecular flexibility index (Phi) is 6.52. The van der Waals surface area contributed by atoms with Crippen LogP contribution in [0.1, 0.15) is 24.4 Å². The van der Waals surface area contributed by atoms with Crippen LogP contribution in [-0.2, 0) is 4.79 Å². The van der Waals surface area contributed by atoms with Gasteiger partial charge < -0.3 is 21.1 Å². The fourth-order valence-electron chi connectivity index (χ4n) is 3.55. The van der Waals surface area contributed by atoms with Gasteiger partial charge in [0.2, 0.25) is 0 Å². The first kappa shape index (κ1) is 22.3. The standard InChI is InChI=1S/C19H19Cl2F3N4O2/c20-12-8-11(14(29)9-13(12)21)17(27-18(30)19(22,23)24)10-4-6-28(7-5-10)16-3-1-2-15(25)26-16/h1-3,8-10,17,29H,4-7H2,(H2,25,26)(H,27,30)/t17-/m1/s1. The van der Waals surface area contributed by atoms with Gasteiger partial charge in [-0.05, 0) is 37.0 Å². The number of aromatic nitrogens is 1. The van der Waals surface area contributed by atoms with E-state index in [0.29, 0.717) is 37.6 Å². The monoisotopic (exact) mass is 462 g/mol. The van der Waals surface area contributed by atoms with Crippen molar-refractivity contribution in [2.75, 3.05) is 23.7 Å². The number of rotatable bonds is 4. The van der Waals surface area contributed by atoms with Gasteiger partial charge in [-0.1, -0.05) is 29.3 Å². The molecule has 0 radical (unpaired) electrons. The zero-order valence-corrected chi connectivity index (χ0v) is 17.1. The summed E-state index contributed by atoms with van der Waals surface area (Å²) in [6, 6.07) is 6.56. The molecule has 6 nitrogen and oxygen atoms in total. The van der Waals surface area contributed by atoms with E-state index >= 15 is 0 Å². The number of phenolic OH excluding ortho intramolecular Hbond substituents is 1. The molecule has 11 heteroatoms. The summed E-state index contributed by atoms with van der Waals surface area (Å²) in [5.74, 6) is -1.76. The molecule has 1 amide bonds. The summed E-state index contributed by atoms with van der Waals surface area (Å²) < 4.78 is 38.7. The molecule has 0 bridgehead atoms. The smallest absolute Gasteiger partial charge is 0.471 e. The molecule has 1 atom stereocenters. The van der Waals surface area contributed by atoms with Crippen LogP contribution in [0.25, 0.3) is 0 Å². The van der Waals surface area contributed by atoms with Gasteiger partial charge in [-0.15, -0.1) is 0 Å². The number of carbonyl (C=O) groups excluding carboxylic acids is 1. The Bertz CT molecular complexity index is 934. The van der Waals surface area contributed by atoms with E-state index in [0.717, 1.165) is 6.07 Å². The molecule has 3 rings (SSSR count). The molecule has 1 saturated heterocycles. The Labute approximate surface area is 180 Å². The van der Waals surface area contributed by atoms with Crippen LogP contribution in [0.4, 0.5) is 24.8 Å². The predicted molar refractivity (Wildman–Crippen MR) is 109 cm³/mol. The molecule has 2 heterocycles. The number of pyridine rings is 1. The quantitative estimate of drug-likeness (QED) is 0.629. The molecule has 0 saturated carbocycles. The number of phenols is 1. The lowest BCUT2D eigenvalue weighted by Crippen LogP contribution is -2.45. The Morgan fingerprint density at radius 3 is 2.47 bits per heavy atom. The van der Waals surface area contributed by atoms with Gasteiger partial charge in [-0.2, -0.15) is 13.2 Å². The summed E-state index contributed by atoms with van der Waals surface area (Å²) in [4.78, 5) is 17.9. The van der Waals surface area contributed by atoms with Crippen LogP contribution in [0.5, 0.6) is 5.75 Å². The van der Waals surface area contributed by atoms with Gasteiger partial charge in [-0.3, -0.25) is 4.79 Å². The highest BCUT2D eigenvalue weighted by molar-refractivity contribution is 6.42. The van der Waals surface area contributed by atoms with Crippen molar-refractivity contribution >= 4 is 40.7 Å². The molecule has 1 aliphatic heterocycles. The van der Waals surface area contributed by atoms with E-state index in [1.807, 2.05) is 10.2 Å². The third-order valence-electron chi connectivity index (χ3n) is 5.04. The number of nitrogens with zero attached hydrogens (tertiary/aromatic N) is 2. The first-order chi connectivity index (χ1) is 14.1. The second-order valence-corrected chi connectivity index (χ2v) is 7.83. The zero-order valence-electron chi connectivity index (χ0n) is 15.6. The molecule has 1 aliphatic rings. The number of hydrogen-bond acceptors (Lipinski definition) is 5. The highest BCUT2D eigenvalue weighted by Gasteiger charge is 2.42. The zero-order chi connectivity index (χ0) is 22.1. The van der Waals surface area contributed by atoms with E-state index < -0.39 is 18.1 Å². The topological polar surface area (TPSA) is 91.5 Å². The number of amides is 1. The Morgan fingerprint density at radius 1 is 1.23 bits per heavy atom. The van der Waals surface area contributed by atoms with Crippen molar-refractivity contribution in [2.24, 2.45) is 5.92 Å². The number of piperidine rings is 1. The minimum atomic E-state index is -5.06. The molecule has 1 aromatic carbocycles. The molecule has 2 aromatic rings. The van der Waals surface area contributed by atoms with E-state index in [2.05, 4.69) is 4.98 Å². The number of nitrogens with one attached hydrogen (secondary N) is 1. The van der Waals surface area contributed by atoms with Crippen molar-refractivity contribution in [1.82, 2.24) is 10.3 Å². The summed E-state index contributed by atoms with van der Waals surface area (Å²) in [5, 5.41) is 12.4. The SMILES string of the molecule is Nc1cccc(N2CCC([C@@H](NC(=O)C(F)(F)F)c3cc(Cl)c(Cl)cc3O)CC2)n1. The lowest BCUT2D eigenvalue weighted by Gasteiger charge is -2.37. The molecule has 0 spiro atoms. The predicted octanol–water partition coefficient (Wildman–Crippen LogP) is 4.31. The number of alkyl halides is 3. The van der Waals surface area contributed by atoms with Crippen molar-refractivity contribution in [3.63, 3.8) is 0 Å². The molecular formula is C19H19Cl2F3N4O2. The number of nitrogens with two attached hydrogens (primary N) is 1. The fraction of sp³-hybridized carbons (Fsp3) is 0.368. The third kappa shape index (κ3) is 5.02. The van der Waals surface area contributed by atoms with E-state index in [1.165, 1.54) is 6.07 Å². The normalized spacial score (nSPS) is 16.4. The number of carbonyl (C=O) groups is 1. The highest BCUT2D eigenvalue weighted by atomic mass is 35.5. The van der Waals surface area contributed by atoms with Gasteiger partial charge in [-0.25, -0.2) is 4.98 Å². The molecule has 4 N–H and O–H groups in total. The van der Waals surface area contributed by atoms with Crippen LogP contribution in [0, 0.1) is 5.92 Å². The lowest BCUT2D eigenvalue weighted by molar-refractivity contribution is -0.174. The number of hydrogen-bond donors (Lipinski definition) is 3. The Morgan fingerprint density at radius 2 is 1.87 bits per heavy atom. The molecule has 0 unspecified atom stereocenters. The van der Waals surface area contributed by atoms with Crippen molar-refractivity contribution in [3.8, 4) is 5.75 Å². The van der Waals surface area contributed by atoms with Crippen molar-refractivity contribution in [2.45, 2.75) is 25.1 Å². The van der Waals surface area contributed by atoms with Crippen molar-refractivity contribution < 1.29 is 23.1 Å². The van der Waals surface area contributed by atoms with Gasteiger partial charge >= 0.3 is 12.1 Å². The molecule has 1 fully saturated rings. The van der Waals surface area contributed by atoms with Crippen LogP contribution in [-0.4, -0.2) is 35.3 Å². The first-order valence-electron chi connectivity index (χ1n) is 9.09. The van der Waals surface area contributed by atoms with Gasteiger partial charge in [0.25, 0.3) is 0 Å². The van der Waals surface area contributed by atoms with E-state index in [4.69, 9.17) is 28.9 Å². The van der Waals surface area contributed by atoms with Crippen LogP contribution < -0.4 is 16.0 Å². The minimum Gasteiger partial charge on any atom is -0.508 e. The van der Waals surface area contributed by atoms with Crippen LogP contribution in [0.3, 0.4) is 0 Å². The highest BCUT2D eigenvalue weighted by Crippen LogP contribution is 2.40. The van der Waals surface area contributed by atoms with E-state index in [9.17, 15) is 23.1 Å². The van der Waals surface area contributed by atoms with Crippen LogP contribution in [0.15, 0.2) is 30.3 Å². The number of nitrogen functional groups attached to an aromatic ring is 1. The largest absolute Gasteiger partial charge is 0.508 e.